The monoisotopic (exact) mass is 494 g/mol. The van der Waals surface area contributed by atoms with E-state index in [1.807, 2.05) is 61.5 Å². The van der Waals surface area contributed by atoms with Gasteiger partial charge < -0.3 is 10.1 Å². The molecule has 0 saturated heterocycles. The number of rotatable bonds is 6. The first kappa shape index (κ1) is 22.6. The van der Waals surface area contributed by atoms with Crippen LogP contribution in [-0.2, 0) is 11.2 Å². The molecule has 0 heterocycles. The van der Waals surface area contributed by atoms with Crippen molar-refractivity contribution in [3.63, 3.8) is 0 Å². The Labute approximate surface area is 195 Å². The van der Waals surface area contributed by atoms with Gasteiger partial charge in [0.25, 0.3) is 5.91 Å². The van der Waals surface area contributed by atoms with Gasteiger partial charge in [0, 0.05) is 27.2 Å². The smallest absolute Gasteiger partial charge is 0.266 e. The average molecular weight is 496 g/mol. The van der Waals surface area contributed by atoms with Crippen LogP contribution in [0.25, 0.3) is 6.08 Å². The van der Waals surface area contributed by atoms with Crippen molar-refractivity contribution in [2.75, 3.05) is 12.4 Å². The second-order valence-electron chi connectivity index (χ2n) is 6.95. The van der Waals surface area contributed by atoms with E-state index in [-0.39, 0.29) is 5.57 Å². The van der Waals surface area contributed by atoms with Gasteiger partial charge >= 0.3 is 0 Å². The Balaban J connectivity index is 1.90. The number of anilines is 1. The normalized spacial score (nSPS) is 11.0. The maximum absolute atomic E-state index is 12.6. The summed E-state index contributed by atoms with van der Waals surface area (Å²) in [6, 6.07) is 20.7. The molecule has 3 aromatic carbocycles. The minimum atomic E-state index is -0.469. The third-order valence-electron chi connectivity index (χ3n) is 4.67. The molecule has 0 radical (unpaired) electrons. The summed E-state index contributed by atoms with van der Waals surface area (Å²) in [6.45, 7) is 1.94. The Morgan fingerprint density at radius 2 is 1.97 bits per heavy atom. The molecule has 3 rings (SSSR count). The SMILES string of the molecule is COc1cc(/C=C(\C#N)C(=O)Nc2cccc(C)c2)cc(Br)c1Cc1ccccc1Cl. The standard InChI is InChI=1S/C25H20BrClN2O2/c1-16-6-5-8-20(10-16)29-25(30)19(15-28)11-17-12-22(26)21(24(13-17)31-2)14-18-7-3-4-9-23(18)27/h3-13H,14H2,1-2H3,(H,29,30)/b19-11+. The highest BCUT2D eigenvalue weighted by atomic mass is 79.9. The largest absolute Gasteiger partial charge is 0.496 e. The van der Waals surface area contributed by atoms with Crippen LogP contribution >= 0.6 is 27.5 Å². The summed E-state index contributed by atoms with van der Waals surface area (Å²) >= 11 is 9.90. The molecule has 0 unspecified atom stereocenters. The van der Waals surface area contributed by atoms with Crippen LogP contribution in [0.5, 0.6) is 5.75 Å². The zero-order chi connectivity index (χ0) is 22.4. The fourth-order valence-electron chi connectivity index (χ4n) is 3.14. The summed E-state index contributed by atoms with van der Waals surface area (Å²) in [5, 5.41) is 13.0. The third kappa shape index (κ3) is 5.75. The zero-order valence-electron chi connectivity index (χ0n) is 17.1. The van der Waals surface area contributed by atoms with Crippen molar-refractivity contribution in [1.82, 2.24) is 0 Å². The number of hydrogen-bond donors (Lipinski definition) is 1. The molecule has 156 valence electrons. The number of methoxy groups -OCH3 is 1. The van der Waals surface area contributed by atoms with E-state index in [1.165, 1.54) is 6.08 Å². The molecule has 6 heteroatoms. The number of nitrogens with zero attached hydrogens (tertiary/aromatic N) is 1. The Morgan fingerprint density at radius 3 is 2.65 bits per heavy atom. The van der Waals surface area contributed by atoms with E-state index in [0.717, 1.165) is 21.2 Å². The zero-order valence-corrected chi connectivity index (χ0v) is 19.4. The van der Waals surface area contributed by atoms with E-state index in [4.69, 9.17) is 16.3 Å². The summed E-state index contributed by atoms with van der Waals surface area (Å²) in [6.07, 6.45) is 2.12. The molecule has 0 aromatic heterocycles. The number of benzene rings is 3. The highest BCUT2D eigenvalue weighted by Crippen LogP contribution is 2.33. The van der Waals surface area contributed by atoms with E-state index in [0.29, 0.717) is 28.4 Å². The van der Waals surface area contributed by atoms with Crippen LogP contribution in [0.15, 0.2) is 70.7 Å². The van der Waals surface area contributed by atoms with Gasteiger partial charge in [0.1, 0.15) is 17.4 Å². The number of nitrogens with one attached hydrogen (secondary N) is 1. The molecule has 1 amide bonds. The second-order valence-corrected chi connectivity index (χ2v) is 8.21. The fourth-order valence-corrected chi connectivity index (χ4v) is 3.94. The molecule has 0 bridgehead atoms. The molecule has 0 aliphatic rings. The predicted molar refractivity (Wildman–Crippen MR) is 128 cm³/mol. The molecular formula is C25H20BrClN2O2. The molecule has 0 aliphatic carbocycles. The molecule has 4 nitrogen and oxygen atoms in total. The predicted octanol–water partition coefficient (Wildman–Crippen LogP) is 6.56. The van der Waals surface area contributed by atoms with E-state index in [9.17, 15) is 10.1 Å². The molecule has 1 N–H and O–H groups in total. The Hall–Kier alpha value is -3.07. The number of aryl methyl sites for hydroxylation is 1. The van der Waals surface area contributed by atoms with Gasteiger partial charge in [0.05, 0.1) is 7.11 Å². The van der Waals surface area contributed by atoms with Crippen LogP contribution in [-0.4, -0.2) is 13.0 Å². The first-order valence-corrected chi connectivity index (χ1v) is 10.7. The van der Waals surface area contributed by atoms with Crippen LogP contribution in [0.4, 0.5) is 5.69 Å². The average Bonchev–Trinajstić information content (AvgIpc) is 2.74. The minimum absolute atomic E-state index is 0.00527. The summed E-state index contributed by atoms with van der Waals surface area (Å²) < 4.78 is 6.38. The number of carbonyl (C=O) groups is 1. The van der Waals surface area contributed by atoms with E-state index >= 15 is 0 Å². The van der Waals surface area contributed by atoms with Gasteiger partial charge in [-0.05, 0) is 60.0 Å². The van der Waals surface area contributed by atoms with Crippen LogP contribution in [0.1, 0.15) is 22.3 Å². The molecule has 0 fully saturated rings. The van der Waals surface area contributed by atoms with E-state index in [2.05, 4.69) is 21.2 Å². The van der Waals surface area contributed by atoms with Crippen LogP contribution in [0, 0.1) is 18.3 Å². The van der Waals surface area contributed by atoms with Crippen molar-refractivity contribution in [3.05, 3.63) is 98.0 Å². The lowest BCUT2D eigenvalue weighted by molar-refractivity contribution is -0.112. The van der Waals surface area contributed by atoms with Gasteiger partial charge in [-0.3, -0.25) is 4.79 Å². The quantitative estimate of drug-likeness (QED) is 0.311. The Bertz CT molecular complexity index is 1200. The lowest BCUT2D eigenvalue weighted by Crippen LogP contribution is -2.13. The number of hydrogen-bond acceptors (Lipinski definition) is 3. The number of carbonyl (C=O) groups excluding carboxylic acids is 1. The van der Waals surface area contributed by atoms with E-state index < -0.39 is 5.91 Å². The highest BCUT2D eigenvalue weighted by Gasteiger charge is 2.14. The van der Waals surface area contributed by atoms with Gasteiger partial charge in [-0.15, -0.1) is 0 Å². The molecule has 3 aromatic rings. The van der Waals surface area contributed by atoms with Crippen molar-refractivity contribution >= 4 is 45.2 Å². The van der Waals surface area contributed by atoms with Gasteiger partial charge in [-0.2, -0.15) is 5.26 Å². The maximum Gasteiger partial charge on any atom is 0.266 e. The molecule has 0 spiro atoms. The van der Waals surface area contributed by atoms with Crippen molar-refractivity contribution in [1.29, 1.82) is 5.26 Å². The molecule has 0 atom stereocenters. The molecule has 0 saturated carbocycles. The van der Waals surface area contributed by atoms with Crippen LogP contribution < -0.4 is 10.1 Å². The van der Waals surface area contributed by atoms with Crippen molar-refractivity contribution in [2.24, 2.45) is 0 Å². The van der Waals surface area contributed by atoms with E-state index in [1.54, 1.807) is 19.2 Å². The van der Waals surface area contributed by atoms with Crippen molar-refractivity contribution in [3.8, 4) is 11.8 Å². The first-order chi connectivity index (χ1) is 14.9. The number of halogens is 2. The number of amides is 1. The summed E-state index contributed by atoms with van der Waals surface area (Å²) in [5.74, 6) is 0.167. The lowest BCUT2D eigenvalue weighted by Gasteiger charge is -2.13. The lowest BCUT2D eigenvalue weighted by atomic mass is 10.0. The first-order valence-electron chi connectivity index (χ1n) is 9.51. The van der Waals surface area contributed by atoms with Gasteiger partial charge in [0.15, 0.2) is 0 Å². The molecule has 31 heavy (non-hydrogen) atoms. The maximum atomic E-state index is 12.6. The van der Waals surface area contributed by atoms with Gasteiger partial charge in [-0.1, -0.05) is 57.9 Å². The second kappa shape index (κ2) is 10.3. The Kier molecular flexibility index (Phi) is 7.51. The fraction of sp³-hybridized carbons (Fsp3) is 0.120. The summed E-state index contributed by atoms with van der Waals surface area (Å²) in [7, 11) is 1.58. The van der Waals surface area contributed by atoms with Gasteiger partial charge in [0.2, 0.25) is 0 Å². The minimum Gasteiger partial charge on any atom is -0.496 e. The Morgan fingerprint density at radius 1 is 1.19 bits per heavy atom. The van der Waals surface area contributed by atoms with Crippen LogP contribution in [0.3, 0.4) is 0 Å². The van der Waals surface area contributed by atoms with Crippen molar-refractivity contribution < 1.29 is 9.53 Å². The molecule has 0 aliphatic heterocycles. The molecular weight excluding hydrogens is 476 g/mol. The topological polar surface area (TPSA) is 62.1 Å². The summed E-state index contributed by atoms with van der Waals surface area (Å²) in [4.78, 5) is 12.6. The van der Waals surface area contributed by atoms with Crippen molar-refractivity contribution in [2.45, 2.75) is 13.3 Å². The van der Waals surface area contributed by atoms with Crippen LogP contribution in [0.2, 0.25) is 5.02 Å². The number of ether oxygens (including phenoxy) is 1. The number of nitriles is 1. The summed E-state index contributed by atoms with van der Waals surface area (Å²) in [5.41, 5.74) is 4.22. The highest BCUT2D eigenvalue weighted by molar-refractivity contribution is 9.10. The van der Waals surface area contributed by atoms with Gasteiger partial charge in [-0.25, -0.2) is 0 Å². The third-order valence-corrected chi connectivity index (χ3v) is 5.75.